The number of carbonyl (C=O) groups excluding carboxylic acids is 1. The van der Waals surface area contributed by atoms with Crippen molar-refractivity contribution in [2.75, 3.05) is 5.32 Å². The molecule has 7 heteroatoms. The highest BCUT2D eigenvalue weighted by Gasteiger charge is 2.22. The summed E-state index contributed by atoms with van der Waals surface area (Å²) in [6.07, 6.45) is 3.90. The minimum Gasteiger partial charge on any atom is -0.454 e. The maximum atomic E-state index is 14.4. The summed E-state index contributed by atoms with van der Waals surface area (Å²) >= 11 is 0. The molecular weight excluding hydrogens is 327 g/mol. The van der Waals surface area contributed by atoms with E-state index in [1.165, 1.54) is 6.92 Å². The summed E-state index contributed by atoms with van der Waals surface area (Å²) in [5.74, 6) is -1.02. The SMILES string of the molecule is CC(=O)Nc1cc(F)c(Oc2cccc3c2CCCC3)cc1[N+](=O)[O-]. The van der Waals surface area contributed by atoms with Gasteiger partial charge >= 0.3 is 0 Å². The van der Waals surface area contributed by atoms with Gasteiger partial charge in [-0.3, -0.25) is 14.9 Å². The number of nitrogens with zero attached hydrogens (tertiary/aromatic N) is 1. The van der Waals surface area contributed by atoms with Gasteiger partial charge in [0.2, 0.25) is 5.91 Å². The number of nitrogens with one attached hydrogen (secondary N) is 1. The molecule has 0 unspecified atom stereocenters. The van der Waals surface area contributed by atoms with Gasteiger partial charge in [-0.2, -0.15) is 0 Å². The topological polar surface area (TPSA) is 81.5 Å². The number of anilines is 1. The van der Waals surface area contributed by atoms with Gasteiger partial charge in [0.15, 0.2) is 11.6 Å². The first kappa shape index (κ1) is 16.9. The van der Waals surface area contributed by atoms with E-state index in [0.29, 0.717) is 5.75 Å². The van der Waals surface area contributed by atoms with Crippen LogP contribution in [-0.4, -0.2) is 10.8 Å². The fourth-order valence-corrected chi connectivity index (χ4v) is 3.02. The van der Waals surface area contributed by atoms with E-state index >= 15 is 0 Å². The molecule has 1 aliphatic rings. The summed E-state index contributed by atoms with van der Waals surface area (Å²) in [4.78, 5) is 21.7. The van der Waals surface area contributed by atoms with Crippen LogP contribution in [0.5, 0.6) is 11.5 Å². The van der Waals surface area contributed by atoms with Crippen molar-refractivity contribution < 1.29 is 18.8 Å². The Bertz CT molecular complexity index is 851. The van der Waals surface area contributed by atoms with E-state index in [1.807, 2.05) is 12.1 Å². The molecule has 130 valence electrons. The molecule has 0 spiro atoms. The van der Waals surface area contributed by atoms with Gasteiger partial charge < -0.3 is 10.1 Å². The molecule has 0 fully saturated rings. The van der Waals surface area contributed by atoms with Gasteiger partial charge in [-0.05, 0) is 42.9 Å². The monoisotopic (exact) mass is 344 g/mol. The molecule has 1 amide bonds. The predicted octanol–water partition coefficient (Wildman–Crippen LogP) is 4.36. The molecular formula is C18H17FN2O4. The molecule has 25 heavy (non-hydrogen) atoms. The zero-order valence-corrected chi connectivity index (χ0v) is 13.7. The van der Waals surface area contributed by atoms with Gasteiger partial charge in [-0.15, -0.1) is 0 Å². The van der Waals surface area contributed by atoms with Crippen LogP contribution in [0.1, 0.15) is 30.9 Å². The van der Waals surface area contributed by atoms with Crippen LogP contribution in [0.2, 0.25) is 0 Å². The van der Waals surface area contributed by atoms with Gasteiger partial charge in [0.25, 0.3) is 5.69 Å². The summed E-state index contributed by atoms with van der Waals surface area (Å²) < 4.78 is 20.0. The Morgan fingerprint density at radius 1 is 1.24 bits per heavy atom. The highest BCUT2D eigenvalue weighted by atomic mass is 19.1. The van der Waals surface area contributed by atoms with E-state index in [4.69, 9.17) is 4.74 Å². The van der Waals surface area contributed by atoms with Crippen LogP contribution in [0.25, 0.3) is 0 Å². The molecule has 3 rings (SSSR count). The zero-order chi connectivity index (χ0) is 18.0. The van der Waals surface area contributed by atoms with Crippen LogP contribution in [0.15, 0.2) is 30.3 Å². The number of rotatable bonds is 4. The smallest absolute Gasteiger partial charge is 0.296 e. The van der Waals surface area contributed by atoms with Gasteiger partial charge in [-0.25, -0.2) is 4.39 Å². The van der Waals surface area contributed by atoms with Crippen molar-refractivity contribution in [1.29, 1.82) is 0 Å². The number of carbonyl (C=O) groups is 1. The molecule has 2 aromatic rings. The number of ether oxygens (including phenoxy) is 1. The van der Waals surface area contributed by atoms with Crippen LogP contribution >= 0.6 is 0 Å². The fraction of sp³-hybridized carbons (Fsp3) is 0.278. The highest BCUT2D eigenvalue weighted by molar-refractivity contribution is 5.91. The third-order valence-electron chi connectivity index (χ3n) is 4.13. The molecule has 0 heterocycles. The maximum Gasteiger partial charge on any atom is 0.296 e. The Labute approximate surface area is 143 Å². The molecule has 0 bridgehead atoms. The van der Waals surface area contributed by atoms with Gasteiger partial charge in [0.05, 0.1) is 11.0 Å². The average Bonchev–Trinajstić information content (AvgIpc) is 2.56. The summed E-state index contributed by atoms with van der Waals surface area (Å²) in [5.41, 5.74) is 1.56. The number of nitro groups is 1. The third kappa shape index (κ3) is 3.60. The molecule has 2 aromatic carbocycles. The average molecular weight is 344 g/mol. The number of hydrogen-bond donors (Lipinski definition) is 1. The van der Waals surface area contributed by atoms with Crippen molar-refractivity contribution in [3.8, 4) is 11.5 Å². The van der Waals surface area contributed by atoms with Crippen molar-refractivity contribution >= 4 is 17.3 Å². The number of amides is 1. The first-order chi connectivity index (χ1) is 12.0. The van der Waals surface area contributed by atoms with Crippen molar-refractivity contribution in [3.63, 3.8) is 0 Å². The van der Waals surface area contributed by atoms with E-state index in [2.05, 4.69) is 5.32 Å². The van der Waals surface area contributed by atoms with E-state index < -0.39 is 22.3 Å². The van der Waals surface area contributed by atoms with Gasteiger partial charge in [-0.1, -0.05) is 12.1 Å². The van der Waals surface area contributed by atoms with Gasteiger partial charge in [0.1, 0.15) is 11.4 Å². The first-order valence-corrected chi connectivity index (χ1v) is 8.00. The number of nitro benzene ring substituents is 1. The lowest BCUT2D eigenvalue weighted by Crippen LogP contribution is -2.09. The standard InChI is InChI=1S/C18H17FN2O4/c1-11(22)20-15-9-14(19)18(10-16(15)21(23)24)25-17-8-4-6-12-5-2-3-7-13(12)17/h4,6,8-10H,2-3,5,7H2,1H3,(H,20,22). The van der Waals surface area contributed by atoms with Crippen molar-refractivity contribution in [2.24, 2.45) is 0 Å². The molecule has 6 nitrogen and oxygen atoms in total. The van der Waals surface area contributed by atoms with Crippen LogP contribution in [0.4, 0.5) is 15.8 Å². The second kappa shape index (κ2) is 6.88. The number of aryl methyl sites for hydroxylation is 1. The van der Waals surface area contributed by atoms with Crippen molar-refractivity contribution in [3.05, 3.63) is 57.4 Å². The Morgan fingerprint density at radius 2 is 2.00 bits per heavy atom. The van der Waals surface area contributed by atoms with Crippen molar-refractivity contribution in [2.45, 2.75) is 32.6 Å². The Morgan fingerprint density at radius 3 is 2.72 bits per heavy atom. The van der Waals surface area contributed by atoms with Crippen LogP contribution in [0.3, 0.4) is 0 Å². The number of benzene rings is 2. The Kier molecular flexibility index (Phi) is 4.65. The quantitative estimate of drug-likeness (QED) is 0.660. The van der Waals surface area contributed by atoms with E-state index in [-0.39, 0.29) is 11.4 Å². The zero-order valence-electron chi connectivity index (χ0n) is 13.7. The number of fused-ring (bicyclic) bond motifs is 1. The normalized spacial score (nSPS) is 13.0. The molecule has 0 atom stereocenters. The minimum absolute atomic E-state index is 0.197. The molecule has 0 radical (unpaired) electrons. The minimum atomic E-state index is -0.775. The summed E-state index contributed by atoms with van der Waals surface area (Å²) in [6.45, 7) is 1.20. The molecule has 1 aliphatic carbocycles. The lowest BCUT2D eigenvalue weighted by Gasteiger charge is -2.19. The van der Waals surface area contributed by atoms with Gasteiger partial charge in [0, 0.05) is 13.0 Å². The molecule has 0 saturated carbocycles. The lowest BCUT2D eigenvalue weighted by atomic mass is 9.91. The second-order valence-corrected chi connectivity index (χ2v) is 5.94. The van der Waals surface area contributed by atoms with Crippen molar-refractivity contribution in [1.82, 2.24) is 0 Å². The van der Waals surface area contributed by atoms with Crippen LogP contribution in [0, 0.1) is 15.9 Å². The number of hydrogen-bond acceptors (Lipinski definition) is 4. The second-order valence-electron chi connectivity index (χ2n) is 5.94. The number of halogens is 1. The highest BCUT2D eigenvalue weighted by Crippen LogP contribution is 2.37. The molecule has 0 aromatic heterocycles. The summed E-state index contributed by atoms with van der Waals surface area (Å²) in [6, 6.07) is 7.49. The Balaban J connectivity index is 1.99. The first-order valence-electron chi connectivity index (χ1n) is 8.00. The molecule has 0 aliphatic heterocycles. The van der Waals surface area contributed by atoms with Crippen LogP contribution < -0.4 is 10.1 Å². The maximum absolute atomic E-state index is 14.4. The third-order valence-corrected chi connectivity index (χ3v) is 4.13. The summed E-state index contributed by atoms with van der Waals surface area (Å²) in [7, 11) is 0. The van der Waals surface area contributed by atoms with E-state index in [9.17, 15) is 19.3 Å². The molecule has 1 N–H and O–H groups in total. The molecule has 0 saturated heterocycles. The predicted molar refractivity (Wildman–Crippen MR) is 90.5 cm³/mol. The Hall–Kier alpha value is -2.96. The van der Waals surface area contributed by atoms with E-state index in [1.54, 1.807) is 6.07 Å². The largest absolute Gasteiger partial charge is 0.454 e. The summed E-state index contributed by atoms with van der Waals surface area (Å²) in [5, 5.41) is 13.5. The fourth-order valence-electron chi connectivity index (χ4n) is 3.02. The van der Waals surface area contributed by atoms with Crippen LogP contribution in [-0.2, 0) is 17.6 Å². The van der Waals surface area contributed by atoms with E-state index in [0.717, 1.165) is 48.9 Å². The lowest BCUT2D eigenvalue weighted by molar-refractivity contribution is -0.384.